The number of hydrogen-bond donors (Lipinski definition) is 4. The van der Waals surface area contributed by atoms with Crippen molar-refractivity contribution in [3.8, 4) is 0 Å². The zero-order valence-electron chi connectivity index (χ0n) is 14.3. The van der Waals surface area contributed by atoms with E-state index < -0.39 is 16.3 Å². The number of thiocarbonyl (C=S) groups is 1. The summed E-state index contributed by atoms with van der Waals surface area (Å²) >= 11 is 4.73. The van der Waals surface area contributed by atoms with Crippen molar-refractivity contribution in [3.63, 3.8) is 0 Å². The van der Waals surface area contributed by atoms with E-state index in [2.05, 4.69) is 25.5 Å². The summed E-state index contributed by atoms with van der Waals surface area (Å²) in [5, 5.41) is 8.74. The number of azo groups is 1. The molecular formula is C14H15N7O5S2. The van der Waals surface area contributed by atoms with Crippen LogP contribution in [-0.2, 0) is 10.3 Å². The molecule has 0 aliphatic rings. The van der Waals surface area contributed by atoms with Gasteiger partial charge in [0.1, 0.15) is 11.5 Å². The van der Waals surface area contributed by atoms with Crippen LogP contribution in [0.5, 0.6) is 0 Å². The Morgan fingerprint density at radius 2 is 1.71 bits per heavy atom. The van der Waals surface area contributed by atoms with Gasteiger partial charge in [-0.25, -0.2) is 9.78 Å². The van der Waals surface area contributed by atoms with Crippen LogP contribution in [0.25, 0.3) is 0 Å². The van der Waals surface area contributed by atoms with Gasteiger partial charge in [-0.1, -0.05) is 17.2 Å². The molecule has 0 aliphatic carbocycles. The van der Waals surface area contributed by atoms with E-state index in [1.807, 2.05) is 0 Å². The van der Waals surface area contributed by atoms with Crippen molar-refractivity contribution in [2.24, 2.45) is 10.2 Å². The molecule has 0 bridgehead atoms. The number of pyridine rings is 2. The molecular weight excluding hydrogens is 410 g/mol. The molecule has 0 radical (unpaired) electrons. The minimum absolute atomic E-state index is 0.00981. The van der Waals surface area contributed by atoms with Crippen LogP contribution in [0.3, 0.4) is 0 Å². The number of ketones is 1. The molecule has 0 fully saturated rings. The summed E-state index contributed by atoms with van der Waals surface area (Å²) in [4.78, 5) is 30.5. The molecule has 28 heavy (non-hydrogen) atoms. The Balaban J connectivity index is 0.000000362. The quantitative estimate of drug-likeness (QED) is 0.186. The maximum Gasteiger partial charge on any atom is 0.374 e. The summed E-state index contributed by atoms with van der Waals surface area (Å²) in [6.45, 7) is 1.50. The van der Waals surface area contributed by atoms with Crippen LogP contribution in [0.1, 0.15) is 17.4 Å². The Hall–Kier alpha value is -3.20. The zero-order chi connectivity index (χ0) is 21.0. The Morgan fingerprint density at radius 1 is 1.07 bits per heavy atom. The summed E-state index contributed by atoms with van der Waals surface area (Å²) in [6.07, 6.45) is 3.13. The van der Waals surface area contributed by atoms with Crippen LogP contribution in [0, 0.1) is 0 Å². The molecule has 148 valence electrons. The lowest BCUT2D eigenvalue weighted by Crippen LogP contribution is -2.39. The number of anilines is 1. The van der Waals surface area contributed by atoms with Gasteiger partial charge in [-0.15, -0.1) is 9.95 Å². The van der Waals surface area contributed by atoms with E-state index in [-0.39, 0.29) is 10.9 Å². The van der Waals surface area contributed by atoms with Crippen LogP contribution in [0.15, 0.2) is 59.0 Å². The van der Waals surface area contributed by atoms with Crippen molar-refractivity contribution in [3.05, 3.63) is 54.5 Å². The van der Waals surface area contributed by atoms with Gasteiger partial charge in [0.2, 0.25) is 5.11 Å². The zero-order valence-corrected chi connectivity index (χ0v) is 15.9. The third-order valence-electron chi connectivity index (χ3n) is 2.44. The fourth-order valence-electron chi connectivity index (χ4n) is 1.37. The standard InChI is InChI=1S/C7H8N6O4S2.C7H7NO/c14-6(11-13-19(15,16)17)10-12-7(18)9-5-3-1-2-4-8-5;1-6(9)7-4-2-3-5-8-7/h1-4,13H,(H,11,14)(H,8,9,18)(H,15,16,17);2-5H,1H3. The van der Waals surface area contributed by atoms with Crippen molar-refractivity contribution in [2.45, 2.75) is 6.92 Å². The van der Waals surface area contributed by atoms with Crippen molar-refractivity contribution in [1.82, 2.24) is 20.2 Å². The van der Waals surface area contributed by atoms with Crippen LogP contribution in [0.4, 0.5) is 10.6 Å². The third-order valence-corrected chi connectivity index (χ3v) is 2.99. The Morgan fingerprint density at radius 3 is 2.18 bits per heavy atom. The highest BCUT2D eigenvalue weighted by molar-refractivity contribution is 7.83. The summed E-state index contributed by atoms with van der Waals surface area (Å²) in [7, 11) is -4.55. The normalized spacial score (nSPS) is 10.5. The third kappa shape index (κ3) is 10.7. The molecule has 2 amide bonds. The molecule has 2 aromatic rings. The molecule has 0 aromatic carbocycles. The Kier molecular flexibility index (Phi) is 9.38. The number of hydrazine groups is 1. The number of Topliss-reactive ketones (excluding diaryl/α,β-unsaturated/α-hetero) is 1. The second-order valence-electron chi connectivity index (χ2n) is 4.62. The molecule has 0 saturated heterocycles. The van der Waals surface area contributed by atoms with Gasteiger partial charge in [-0.05, 0) is 36.5 Å². The summed E-state index contributed by atoms with van der Waals surface area (Å²) in [5.41, 5.74) is 2.08. The summed E-state index contributed by atoms with van der Waals surface area (Å²) in [5.74, 6) is 0.415. The van der Waals surface area contributed by atoms with Crippen molar-refractivity contribution >= 4 is 45.3 Å². The highest BCUT2D eigenvalue weighted by Gasteiger charge is 2.05. The molecule has 12 nitrogen and oxygen atoms in total. The van der Waals surface area contributed by atoms with E-state index in [9.17, 15) is 18.0 Å². The number of nitrogens with one attached hydrogen (secondary N) is 3. The van der Waals surface area contributed by atoms with Crippen LogP contribution in [0.2, 0.25) is 0 Å². The maximum atomic E-state index is 10.9. The second-order valence-corrected chi connectivity index (χ2v) is 6.16. The van der Waals surface area contributed by atoms with Crippen molar-refractivity contribution in [1.29, 1.82) is 0 Å². The van der Waals surface area contributed by atoms with E-state index in [1.165, 1.54) is 18.0 Å². The summed E-state index contributed by atoms with van der Waals surface area (Å²) in [6, 6.07) is 9.13. The number of aromatic nitrogens is 2. The highest BCUT2D eigenvalue weighted by Crippen LogP contribution is 2.00. The fraction of sp³-hybridized carbons (Fsp3) is 0.0714. The number of carbonyl (C=O) groups is 2. The van der Waals surface area contributed by atoms with Gasteiger partial charge >= 0.3 is 16.3 Å². The molecule has 2 heterocycles. The number of nitrogens with zero attached hydrogens (tertiary/aromatic N) is 4. The Bertz CT molecular complexity index is 937. The van der Waals surface area contributed by atoms with Gasteiger partial charge in [0.05, 0.1) is 0 Å². The van der Waals surface area contributed by atoms with Gasteiger partial charge < -0.3 is 5.32 Å². The number of hydrogen-bond acceptors (Lipinski definition) is 7. The Labute approximate surface area is 165 Å². The molecule has 2 aromatic heterocycles. The smallest absolute Gasteiger partial charge is 0.314 e. The lowest BCUT2D eigenvalue weighted by atomic mass is 10.3. The lowest BCUT2D eigenvalue weighted by Gasteiger charge is -2.01. The summed E-state index contributed by atoms with van der Waals surface area (Å²) < 4.78 is 28.7. The molecule has 0 aliphatic heterocycles. The van der Waals surface area contributed by atoms with E-state index >= 15 is 0 Å². The number of urea groups is 1. The fourth-order valence-corrected chi connectivity index (χ4v) is 1.73. The molecule has 0 spiro atoms. The molecule has 0 saturated carbocycles. The van der Waals surface area contributed by atoms with Gasteiger partial charge in [0.25, 0.3) is 0 Å². The highest BCUT2D eigenvalue weighted by atomic mass is 32.2. The number of carbonyl (C=O) groups excluding carboxylic acids is 2. The van der Waals surface area contributed by atoms with Gasteiger partial charge in [-0.2, -0.15) is 8.42 Å². The van der Waals surface area contributed by atoms with Crippen molar-refractivity contribution < 1.29 is 22.6 Å². The van der Waals surface area contributed by atoms with Crippen LogP contribution < -0.4 is 15.6 Å². The number of rotatable bonds is 4. The minimum Gasteiger partial charge on any atom is -0.314 e. The first-order valence-corrected chi connectivity index (χ1v) is 9.12. The monoisotopic (exact) mass is 425 g/mol. The van der Waals surface area contributed by atoms with Crippen molar-refractivity contribution in [2.75, 3.05) is 5.32 Å². The maximum absolute atomic E-state index is 10.9. The average molecular weight is 425 g/mol. The largest absolute Gasteiger partial charge is 0.374 e. The predicted octanol–water partition coefficient (Wildman–Crippen LogP) is 1.53. The van der Waals surface area contributed by atoms with E-state index in [0.29, 0.717) is 11.5 Å². The molecule has 2 rings (SSSR count). The SMILES string of the molecule is CC(=O)c1ccccn1.O=C(N=NC(=S)Nc1ccccn1)NNS(=O)(=O)O. The van der Waals surface area contributed by atoms with Crippen LogP contribution in [-0.4, -0.2) is 39.9 Å². The first-order chi connectivity index (χ1) is 13.2. The average Bonchev–Trinajstić information content (AvgIpc) is 2.66. The second kappa shape index (κ2) is 11.5. The number of amides is 2. The topological polar surface area (TPSA) is 175 Å². The molecule has 0 unspecified atom stereocenters. The van der Waals surface area contributed by atoms with Crippen LogP contribution >= 0.6 is 12.2 Å². The van der Waals surface area contributed by atoms with Gasteiger partial charge in [0, 0.05) is 19.3 Å². The van der Waals surface area contributed by atoms with E-state index in [4.69, 9.17) is 16.8 Å². The molecule has 0 atom stereocenters. The van der Waals surface area contributed by atoms with Gasteiger partial charge in [0.15, 0.2) is 5.78 Å². The van der Waals surface area contributed by atoms with Gasteiger partial charge in [-0.3, -0.25) is 19.8 Å². The van der Waals surface area contributed by atoms with E-state index in [0.717, 1.165) is 0 Å². The predicted molar refractivity (Wildman–Crippen MR) is 103 cm³/mol. The first kappa shape index (κ1) is 22.8. The molecule has 4 N–H and O–H groups in total. The van der Waals surface area contributed by atoms with E-state index in [1.54, 1.807) is 48.0 Å². The minimum atomic E-state index is -4.55. The lowest BCUT2D eigenvalue weighted by molar-refractivity contribution is 0.101. The first-order valence-electron chi connectivity index (χ1n) is 7.27. The molecule has 14 heteroatoms.